The van der Waals surface area contributed by atoms with Crippen molar-refractivity contribution in [2.24, 2.45) is 5.10 Å². The van der Waals surface area contributed by atoms with Crippen molar-refractivity contribution in [1.82, 2.24) is 9.99 Å². The van der Waals surface area contributed by atoms with Crippen LogP contribution in [0.1, 0.15) is 37.1 Å². The van der Waals surface area contributed by atoms with Crippen molar-refractivity contribution in [3.63, 3.8) is 0 Å². The van der Waals surface area contributed by atoms with Gasteiger partial charge in [0.1, 0.15) is 11.8 Å². The van der Waals surface area contributed by atoms with E-state index in [0.29, 0.717) is 40.4 Å². The molecule has 0 unspecified atom stereocenters. The summed E-state index contributed by atoms with van der Waals surface area (Å²) in [4.78, 5) is 29.0. The summed E-state index contributed by atoms with van der Waals surface area (Å²) >= 11 is 6.32. The van der Waals surface area contributed by atoms with Crippen LogP contribution in [-0.2, 0) is 4.79 Å². The Bertz CT molecular complexity index is 1390. The Morgan fingerprint density at radius 3 is 2.69 bits per heavy atom. The molecule has 2 aromatic carbocycles. The number of carbonyl (C=O) groups is 1. The highest BCUT2D eigenvalue weighted by molar-refractivity contribution is 6.31. The smallest absolute Gasteiger partial charge is 0.258 e. The number of halogens is 1. The Balaban J connectivity index is 1.76. The van der Waals surface area contributed by atoms with Crippen molar-refractivity contribution >= 4 is 34.1 Å². The summed E-state index contributed by atoms with van der Waals surface area (Å²) in [6.45, 7) is 1.79. The molecule has 2 aromatic heterocycles. The number of aromatic amines is 1. The van der Waals surface area contributed by atoms with Crippen LogP contribution in [0, 0.1) is 0 Å². The highest BCUT2D eigenvalue weighted by Crippen LogP contribution is 2.37. The van der Waals surface area contributed by atoms with Gasteiger partial charge in [0.05, 0.1) is 17.5 Å². The fourth-order valence-electron chi connectivity index (χ4n) is 4.20. The first kappa shape index (κ1) is 20.3. The molecule has 32 heavy (non-hydrogen) atoms. The van der Waals surface area contributed by atoms with Crippen LogP contribution >= 0.6 is 11.6 Å². The fourth-order valence-corrected chi connectivity index (χ4v) is 4.37. The average molecular weight is 446 g/mol. The van der Waals surface area contributed by atoms with Crippen molar-refractivity contribution in [2.45, 2.75) is 25.8 Å². The lowest BCUT2D eigenvalue weighted by Crippen LogP contribution is -2.25. The third-order valence-corrected chi connectivity index (χ3v) is 5.90. The quantitative estimate of drug-likeness (QED) is 0.448. The van der Waals surface area contributed by atoms with Gasteiger partial charge in [-0.1, -0.05) is 48.9 Å². The van der Waals surface area contributed by atoms with Gasteiger partial charge in [-0.25, -0.2) is 5.01 Å². The van der Waals surface area contributed by atoms with Crippen LogP contribution in [-0.4, -0.2) is 21.6 Å². The van der Waals surface area contributed by atoms with Gasteiger partial charge in [-0.2, -0.15) is 5.10 Å². The van der Waals surface area contributed by atoms with Crippen molar-refractivity contribution in [1.29, 1.82) is 0 Å². The second kappa shape index (κ2) is 8.13. The summed E-state index contributed by atoms with van der Waals surface area (Å²) in [5.74, 6) is 0.495. The van der Waals surface area contributed by atoms with Crippen molar-refractivity contribution in [2.75, 3.05) is 0 Å². The molecular formula is C25H20ClN3O3. The van der Waals surface area contributed by atoms with E-state index in [2.05, 4.69) is 10.1 Å². The van der Waals surface area contributed by atoms with Gasteiger partial charge in [-0.05, 0) is 35.9 Å². The Morgan fingerprint density at radius 1 is 1.16 bits per heavy atom. The third-order valence-electron chi connectivity index (χ3n) is 5.67. The van der Waals surface area contributed by atoms with Gasteiger partial charge in [-0.3, -0.25) is 9.59 Å². The number of benzene rings is 2. The number of aromatic nitrogens is 1. The number of hydrogen-bond acceptors (Lipinski definition) is 4. The molecule has 5 rings (SSSR count). The minimum atomic E-state index is -0.398. The van der Waals surface area contributed by atoms with E-state index in [4.69, 9.17) is 16.0 Å². The molecule has 4 aromatic rings. The number of rotatable bonds is 4. The third kappa shape index (κ3) is 3.42. The summed E-state index contributed by atoms with van der Waals surface area (Å²) in [6.07, 6.45) is 2.24. The van der Waals surface area contributed by atoms with Crippen LogP contribution in [0.2, 0.25) is 5.02 Å². The molecule has 1 N–H and O–H groups in total. The zero-order chi connectivity index (χ0) is 22.2. The van der Waals surface area contributed by atoms with Crippen LogP contribution in [0.15, 0.2) is 81.2 Å². The summed E-state index contributed by atoms with van der Waals surface area (Å²) in [5.41, 5.74) is 3.02. The number of hydrogen-bond donors (Lipinski definition) is 1. The minimum absolute atomic E-state index is 0.136. The number of H-pyrrole nitrogens is 1. The molecule has 0 saturated heterocycles. The van der Waals surface area contributed by atoms with Gasteiger partial charge in [0.25, 0.3) is 5.56 Å². The lowest BCUT2D eigenvalue weighted by molar-refractivity contribution is -0.133. The molecular weight excluding hydrogens is 426 g/mol. The molecule has 1 amide bonds. The van der Waals surface area contributed by atoms with E-state index in [9.17, 15) is 9.59 Å². The maximum atomic E-state index is 13.3. The highest BCUT2D eigenvalue weighted by atomic mass is 35.5. The summed E-state index contributed by atoms with van der Waals surface area (Å²) in [6, 6.07) is 18.3. The van der Waals surface area contributed by atoms with Crippen molar-refractivity contribution in [3.8, 4) is 11.1 Å². The molecule has 0 fully saturated rings. The van der Waals surface area contributed by atoms with Crippen molar-refractivity contribution < 1.29 is 9.21 Å². The van der Waals surface area contributed by atoms with E-state index in [1.165, 1.54) is 5.01 Å². The standard InChI is InChI=1S/C25H20ClN3O3/c1-2-22(30)29-20(21-9-6-12-32-21)14-19(28-29)24-23(15-7-4-3-5-8-15)17-13-16(26)10-11-18(17)27-25(24)31/h3-13,20H,2,14H2,1H3,(H,27,31)/t20-/m0/s1. The molecule has 0 spiro atoms. The second-order valence-corrected chi connectivity index (χ2v) is 8.07. The monoisotopic (exact) mass is 445 g/mol. The van der Waals surface area contributed by atoms with Crippen LogP contribution in [0.3, 0.4) is 0 Å². The zero-order valence-electron chi connectivity index (χ0n) is 17.3. The number of carbonyl (C=O) groups excluding carboxylic acids is 1. The summed E-state index contributed by atoms with van der Waals surface area (Å²) in [7, 11) is 0. The van der Waals surface area contributed by atoms with Crippen LogP contribution in [0.5, 0.6) is 0 Å². The molecule has 3 heterocycles. The summed E-state index contributed by atoms with van der Waals surface area (Å²) in [5, 5.41) is 7.45. The Labute approximate surface area is 189 Å². The average Bonchev–Trinajstić information content (AvgIpc) is 3.48. The predicted octanol–water partition coefficient (Wildman–Crippen LogP) is 5.53. The molecule has 0 aliphatic carbocycles. The molecule has 0 radical (unpaired) electrons. The number of amides is 1. The summed E-state index contributed by atoms with van der Waals surface area (Å²) < 4.78 is 5.59. The topological polar surface area (TPSA) is 78.7 Å². The van der Waals surface area contributed by atoms with E-state index in [0.717, 1.165) is 16.5 Å². The van der Waals surface area contributed by atoms with Gasteiger partial charge < -0.3 is 9.40 Å². The second-order valence-electron chi connectivity index (χ2n) is 7.63. The normalized spacial score (nSPS) is 15.9. The molecule has 1 atom stereocenters. The van der Waals surface area contributed by atoms with Gasteiger partial charge >= 0.3 is 0 Å². The molecule has 7 heteroatoms. The lowest BCUT2D eigenvalue weighted by Gasteiger charge is -2.18. The zero-order valence-corrected chi connectivity index (χ0v) is 18.1. The Morgan fingerprint density at radius 2 is 1.97 bits per heavy atom. The Kier molecular flexibility index (Phi) is 5.15. The van der Waals surface area contributed by atoms with Crippen LogP contribution < -0.4 is 5.56 Å². The molecule has 1 aliphatic heterocycles. The molecule has 6 nitrogen and oxygen atoms in total. The number of nitrogens with one attached hydrogen (secondary N) is 1. The lowest BCUT2D eigenvalue weighted by atomic mass is 9.92. The van der Waals surface area contributed by atoms with E-state index in [1.807, 2.05) is 42.5 Å². The predicted molar refractivity (Wildman–Crippen MR) is 125 cm³/mol. The SMILES string of the molecule is CCC(=O)N1N=C(c2c(-c3ccccc3)c3cc(Cl)ccc3[nH]c2=O)C[C@H]1c1ccco1. The molecule has 0 saturated carbocycles. The molecule has 1 aliphatic rings. The van der Waals surface area contributed by atoms with E-state index in [1.54, 1.807) is 31.4 Å². The van der Waals surface area contributed by atoms with Gasteiger partial charge in [0, 0.05) is 34.3 Å². The highest BCUT2D eigenvalue weighted by Gasteiger charge is 2.36. The van der Waals surface area contributed by atoms with Crippen LogP contribution in [0.4, 0.5) is 0 Å². The largest absolute Gasteiger partial charge is 0.467 e. The number of furan rings is 1. The fraction of sp³-hybridized carbons (Fsp3) is 0.160. The van der Waals surface area contributed by atoms with E-state index in [-0.39, 0.29) is 11.5 Å². The van der Waals surface area contributed by atoms with E-state index < -0.39 is 6.04 Å². The molecule has 160 valence electrons. The number of hydrazone groups is 1. The van der Waals surface area contributed by atoms with Crippen LogP contribution in [0.25, 0.3) is 22.0 Å². The van der Waals surface area contributed by atoms with Crippen molar-refractivity contribution in [3.05, 3.63) is 93.6 Å². The van der Waals surface area contributed by atoms with E-state index >= 15 is 0 Å². The first-order valence-electron chi connectivity index (χ1n) is 10.4. The van der Waals surface area contributed by atoms with Gasteiger partial charge in [0.2, 0.25) is 5.91 Å². The maximum Gasteiger partial charge on any atom is 0.258 e. The number of pyridine rings is 1. The van der Waals surface area contributed by atoms with Gasteiger partial charge in [-0.15, -0.1) is 0 Å². The number of fused-ring (bicyclic) bond motifs is 1. The Hall–Kier alpha value is -3.64. The number of nitrogens with zero attached hydrogens (tertiary/aromatic N) is 2. The first-order valence-corrected chi connectivity index (χ1v) is 10.8. The van der Waals surface area contributed by atoms with Gasteiger partial charge in [0.15, 0.2) is 0 Å². The molecule has 0 bridgehead atoms. The maximum absolute atomic E-state index is 13.3. The minimum Gasteiger partial charge on any atom is -0.467 e. The first-order chi connectivity index (χ1) is 15.6.